The largest absolute Gasteiger partial charge is 0.298 e. The van der Waals surface area contributed by atoms with E-state index in [4.69, 9.17) is 0 Å². The van der Waals surface area contributed by atoms with E-state index in [0.717, 1.165) is 45.5 Å². The van der Waals surface area contributed by atoms with Crippen LogP contribution in [0.1, 0.15) is 63.7 Å². The minimum atomic E-state index is 0.397. The van der Waals surface area contributed by atoms with Gasteiger partial charge in [-0.1, -0.05) is 24.3 Å². The topological polar surface area (TPSA) is 68.3 Å². The molecule has 0 atom stereocenters. The van der Waals surface area contributed by atoms with E-state index in [1.165, 1.54) is 11.1 Å². The Morgan fingerprint density at radius 1 is 0.469 bits per heavy atom. The number of aryl methyl sites for hydroxylation is 4. The Hall–Kier alpha value is -3.92. The second-order valence-corrected chi connectivity index (χ2v) is 8.19. The van der Waals surface area contributed by atoms with E-state index in [1.807, 2.05) is 13.8 Å². The average molecular weight is 422 g/mol. The van der Waals surface area contributed by atoms with E-state index < -0.39 is 0 Å². The Bertz CT molecular complexity index is 1300. The molecule has 0 aliphatic heterocycles. The molecular formula is C28H22O4. The molecule has 0 bridgehead atoms. The van der Waals surface area contributed by atoms with Crippen LogP contribution in [-0.4, -0.2) is 25.1 Å². The van der Waals surface area contributed by atoms with Gasteiger partial charge >= 0.3 is 0 Å². The molecule has 0 aliphatic carbocycles. The number of hydrogen-bond donors (Lipinski definition) is 0. The standard InChI is InChI=1S/C28H22O4/c1-17-5-21-9-25(13-29)27(15-31)11-23(21)7-19(17)3-4-20-8-24-12-28(16-32)26(14-30)10-22(24)6-18(20)2/h5-16H,3-4H2,1-2H3. The van der Waals surface area contributed by atoms with Crippen LogP contribution in [0.25, 0.3) is 21.5 Å². The maximum atomic E-state index is 11.3. The highest BCUT2D eigenvalue weighted by atomic mass is 16.1. The van der Waals surface area contributed by atoms with Gasteiger partial charge in [-0.15, -0.1) is 0 Å². The van der Waals surface area contributed by atoms with Gasteiger partial charge < -0.3 is 0 Å². The summed E-state index contributed by atoms with van der Waals surface area (Å²) in [6.07, 6.45) is 4.47. The van der Waals surface area contributed by atoms with Gasteiger partial charge in [-0.05, 0) is 94.8 Å². The molecule has 0 saturated carbocycles. The number of fused-ring (bicyclic) bond motifs is 2. The summed E-state index contributed by atoms with van der Waals surface area (Å²) in [5, 5.41) is 3.75. The van der Waals surface area contributed by atoms with Gasteiger partial charge in [0.25, 0.3) is 0 Å². The Kier molecular flexibility index (Phi) is 5.78. The third-order valence-corrected chi connectivity index (χ3v) is 6.17. The van der Waals surface area contributed by atoms with Gasteiger partial charge in [0.05, 0.1) is 0 Å². The predicted octanol–water partition coefficient (Wildman–Crippen LogP) is 5.65. The highest BCUT2D eigenvalue weighted by Gasteiger charge is 2.10. The van der Waals surface area contributed by atoms with Crippen LogP contribution in [0.3, 0.4) is 0 Å². The van der Waals surface area contributed by atoms with Gasteiger partial charge in [-0.2, -0.15) is 0 Å². The maximum absolute atomic E-state index is 11.3. The molecule has 0 aromatic heterocycles. The summed E-state index contributed by atoms with van der Waals surface area (Å²) in [5.41, 5.74) is 6.21. The number of carbonyl (C=O) groups excluding carboxylic acids is 4. The van der Waals surface area contributed by atoms with Crippen molar-refractivity contribution < 1.29 is 19.2 Å². The van der Waals surface area contributed by atoms with Crippen molar-refractivity contribution in [2.24, 2.45) is 0 Å². The van der Waals surface area contributed by atoms with Gasteiger partial charge in [0.15, 0.2) is 25.1 Å². The minimum absolute atomic E-state index is 0.397. The first kappa shape index (κ1) is 21.3. The molecule has 0 amide bonds. The highest BCUT2D eigenvalue weighted by Crippen LogP contribution is 2.27. The summed E-state index contributed by atoms with van der Waals surface area (Å²) in [5.74, 6) is 0. The molecule has 0 radical (unpaired) electrons. The Morgan fingerprint density at radius 3 is 1.03 bits per heavy atom. The summed E-state index contributed by atoms with van der Waals surface area (Å²) in [6, 6.07) is 15.3. The normalized spacial score (nSPS) is 10.9. The SMILES string of the molecule is Cc1cc2cc(C=O)c(C=O)cc2cc1CCc1cc2cc(C=O)c(C=O)cc2cc1C. The number of rotatable bonds is 7. The minimum Gasteiger partial charge on any atom is -0.298 e. The lowest BCUT2D eigenvalue weighted by molar-refractivity contribution is 0.109. The van der Waals surface area contributed by atoms with Crippen LogP contribution in [-0.2, 0) is 12.8 Å². The fourth-order valence-corrected chi connectivity index (χ4v) is 4.31. The lowest BCUT2D eigenvalue weighted by Gasteiger charge is -2.13. The molecule has 4 nitrogen and oxygen atoms in total. The number of aldehydes is 4. The zero-order chi connectivity index (χ0) is 22.8. The molecule has 0 fully saturated rings. The molecule has 0 aliphatic rings. The number of hydrogen-bond acceptors (Lipinski definition) is 4. The summed E-state index contributed by atoms with van der Waals surface area (Å²) in [6.45, 7) is 4.10. The van der Waals surface area contributed by atoms with Gasteiger partial charge in [-0.3, -0.25) is 19.2 Å². The molecule has 0 N–H and O–H groups in total. The first-order valence-electron chi connectivity index (χ1n) is 10.4. The van der Waals surface area contributed by atoms with E-state index in [2.05, 4.69) is 24.3 Å². The zero-order valence-electron chi connectivity index (χ0n) is 18.0. The van der Waals surface area contributed by atoms with Crippen molar-refractivity contribution in [3.63, 3.8) is 0 Å². The molecule has 4 heteroatoms. The molecule has 0 saturated heterocycles. The summed E-state index contributed by atoms with van der Waals surface area (Å²) in [4.78, 5) is 45.1. The molecule has 4 rings (SSSR count). The lowest BCUT2D eigenvalue weighted by Crippen LogP contribution is -1.99. The molecular weight excluding hydrogens is 400 g/mol. The van der Waals surface area contributed by atoms with Gasteiger partial charge in [0.1, 0.15) is 0 Å². The molecule has 0 unspecified atom stereocenters. The van der Waals surface area contributed by atoms with Gasteiger partial charge in [-0.25, -0.2) is 0 Å². The first-order chi connectivity index (χ1) is 15.5. The number of benzene rings is 4. The predicted molar refractivity (Wildman–Crippen MR) is 126 cm³/mol. The van der Waals surface area contributed by atoms with Crippen LogP contribution in [0.2, 0.25) is 0 Å². The molecule has 0 heterocycles. The zero-order valence-corrected chi connectivity index (χ0v) is 18.0. The number of carbonyl (C=O) groups is 4. The molecule has 0 spiro atoms. The smallest absolute Gasteiger partial charge is 0.150 e. The monoisotopic (exact) mass is 422 g/mol. The average Bonchev–Trinajstić information content (AvgIpc) is 2.81. The summed E-state index contributed by atoms with van der Waals surface area (Å²) < 4.78 is 0. The van der Waals surface area contributed by atoms with Crippen molar-refractivity contribution in [2.45, 2.75) is 26.7 Å². The van der Waals surface area contributed by atoms with E-state index in [0.29, 0.717) is 47.4 Å². The van der Waals surface area contributed by atoms with Crippen LogP contribution >= 0.6 is 0 Å². The van der Waals surface area contributed by atoms with Crippen LogP contribution < -0.4 is 0 Å². The molecule has 4 aromatic rings. The van der Waals surface area contributed by atoms with Gasteiger partial charge in [0, 0.05) is 22.3 Å². The third-order valence-electron chi connectivity index (χ3n) is 6.17. The second-order valence-electron chi connectivity index (χ2n) is 8.19. The summed E-state index contributed by atoms with van der Waals surface area (Å²) in [7, 11) is 0. The van der Waals surface area contributed by atoms with Crippen LogP contribution in [0.4, 0.5) is 0 Å². The fraction of sp³-hybridized carbons (Fsp3) is 0.143. The Morgan fingerprint density at radius 2 is 0.750 bits per heavy atom. The van der Waals surface area contributed by atoms with Crippen molar-refractivity contribution in [3.05, 3.63) is 93.0 Å². The van der Waals surface area contributed by atoms with E-state index in [9.17, 15) is 19.2 Å². The van der Waals surface area contributed by atoms with Crippen molar-refractivity contribution in [2.75, 3.05) is 0 Å². The lowest BCUT2D eigenvalue weighted by atomic mass is 9.92. The summed E-state index contributed by atoms with van der Waals surface area (Å²) >= 11 is 0. The Labute approximate surface area is 185 Å². The Balaban J connectivity index is 1.69. The van der Waals surface area contributed by atoms with Crippen molar-refractivity contribution in [3.8, 4) is 0 Å². The molecule has 4 aromatic carbocycles. The fourth-order valence-electron chi connectivity index (χ4n) is 4.31. The van der Waals surface area contributed by atoms with Crippen molar-refractivity contribution in [1.82, 2.24) is 0 Å². The first-order valence-corrected chi connectivity index (χ1v) is 10.4. The van der Waals surface area contributed by atoms with E-state index >= 15 is 0 Å². The van der Waals surface area contributed by atoms with E-state index in [1.54, 1.807) is 24.3 Å². The molecule has 158 valence electrons. The van der Waals surface area contributed by atoms with Crippen LogP contribution in [0.15, 0.2) is 48.5 Å². The van der Waals surface area contributed by atoms with Crippen molar-refractivity contribution >= 4 is 46.7 Å². The maximum Gasteiger partial charge on any atom is 0.150 e. The highest BCUT2D eigenvalue weighted by molar-refractivity contribution is 6.00. The quantitative estimate of drug-likeness (QED) is 0.361. The van der Waals surface area contributed by atoms with Crippen molar-refractivity contribution in [1.29, 1.82) is 0 Å². The van der Waals surface area contributed by atoms with Crippen LogP contribution in [0, 0.1) is 13.8 Å². The second kappa shape index (κ2) is 8.67. The molecule has 32 heavy (non-hydrogen) atoms. The third kappa shape index (κ3) is 3.87. The van der Waals surface area contributed by atoms with Crippen LogP contribution in [0.5, 0.6) is 0 Å². The van der Waals surface area contributed by atoms with E-state index in [-0.39, 0.29) is 0 Å². The van der Waals surface area contributed by atoms with Gasteiger partial charge in [0.2, 0.25) is 0 Å².